The molecule has 2 unspecified atom stereocenters. The Labute approximate surface area is 196 Å². The maximum atomic E-state index is 11.4. The zero-order valence-corrected chi connectivity index (χ0v) is 19.6. The zero-order chi connectivity index (χ0) is 22.5. The van der Waals surface area contributed by atoms with Crippen molar-refractivity contribution in [3.8, 4) is 11.3 Å². The first kappa shape index (κ1) is 22.9. The number of aldehydes is 1. The van der Waals surface area contributed by atoms with Crippen molar-refractivity contribution in [3.63, 3.8) is 0 Å². The molecular weight excluding hydrogens is 446 g/mol. The number of aromatic nitrogens is 1. The summed E-state index contributed by atoms with van der Waals surface area (Å²) >= 11 is 7.89. The fourth-order valence-electron chi connectivity index (χ4n) is 3.47. The van der Waals surface area contributed by atoms with E-state index in [0.717, 1.165) is 55.8 Å². The van der Waals surface area contributed by atoms with Crippen LogP contribution in [0.1, 0.15) is 22.4 Å². The van der Waals surface area contributed by atoms with Crippen LogP contribution in [-0.2, 0) is 20.8 Å². The summed E-state index contributed by atoms with van der Waals surface area (Å²) in [5, 5.41) is 4.93. The fourth-order valence-corrected chi connectivity index (χ4v) is 4.50. The van der Waals surface area contributed by atoms with Crippen LogP contribution in [0.3, 0.4) is 0 Å². The lowest BCUT2D eigenvalue weighted by molar-refractivity contribution is -0.116. The van der Waals surface area contributed by atoms with Crippen molar-refractivity contribution in [3.05, 3.63) is 63.5 Å². The molecule has 8 heteroatoms. The number of thiazole rings is 1. The standard InChI is InChI=1S/C24H26ClN3O3S/c1-15-3-6-18(12-22(15)25)23-16(2)32-24(27-23)26-19-7-4-17(5-8-19)11-20(13-29)28-31-21-9-10-30-14-21/h3-8,12-13,20-21,28H,9-11,14H2,1-2H3,(H,26,27). The van der Waals surface area contributed by atoms with Gasteiger partial charge in [0.05, 0.1) is 18.3 Å². The van der Waals surface area contributed by atoms with Crippen LogP contribution >= 0.6 is 22.9 Å². The van der Waals surface area contributed by atoms with Gasteiger partial charge in [-0.15, -0.1) is 11.3 Å². The predicted octanol–water partition coefficient (Wildman–Crippen LogP) is 5.24. The molecule has 3 aromatic rings. The third kappa shape index (κ3) is 5.74. The highest BCUT2D eigenvalue weighted by Crippen LogP contribution is 2.33. The van der Waals surface area contributed by atoms with E-state index < -0.39 is 6.04 Å². The van der Waals surface area contributed by atoms with Gasteiger partial charge in [-0.2, -0.15) is 5.48 Å². The average molecular weight is 472 g/mol. The third-order valence-corrected chi connectivity index (χ3v) is 6.63. The lowest BCUT2D eigenvalue weighted by Crippen LogP contribution is -2.36. The van der Waals surface area contributed by atoms with E-state index in [9.17, 15) is 4.79 Å². The molecule has 2 aromatic carbocycles. The van der Waals surface area contributed by atoms with Gasteiger partial charge in [0.1, 0.15) is 12.4 Å². The number of nitrogens with zero attached hydrogens (tertiary/aromatic N) is 1. The van der Waals surface area contributed by atoms with Crippen LogP contribution in [0.2, 0.25) is 5.02 Å². The monoisotopic (exact) mass is 471 g/mol. The topological polar surface area (TPSA) is 72.5 Å². The Morgan fingerprint density at radius 3 is 2.78 bits per heavy atom. The molecule has 4 rings (SSSR count). The van der Waals surface area contributed by atoms with Crippen LogP contribution in [0.25, 0.3) is 11.3 Å². The smallest absolute Gasteiger partial charge is 0.187 e. The number of anilines is 2. The van der Waals surface area contributed by atoms with E-state index in [0.29, 0.717) is 19.6 Å². The molecule has 0 aliphatic carbocycles. The van der Waals surface area contributed by atoms with Gasteiger partial charge in [-0.05, 0) is 49.6 Å². The molecule has 1 aliphatic heterocycles. The molecule has 0 saturated carbocycles. The summed E-state index contributed by atoms with van der Waals surface area (Å²) in [5.41, 5.74) is 7.83. The first-order chi connectivity index (χ1) is 15.5. The summed E-state index contributed by atoms with van der Waals surface area (Å²) in [6.45, 7) is 5.31. The van der Waals surface area contributed by atoms with Crippen molar-refractivity contribution < 1.29 is 14.4 Å². The van der Waals surface area contributed by atoms with Gasteiger partial charge in [-0.1, -0.05) is 35.9 Å². The van der Waals surface area contributed by atoms with Crippen LogP contribution in [-0.4, -0.2) is 36.6 Å². The predicted molar refractivity (Wildman–Crippen MR) is 129 cm³/mol. The molecule has 0 amide bonds. The third-order valence-electron chi connectivity index (χ3n) is 5.34. The lowest BCUT2D eigenvalue weighted by Gasteiger charge is -2.16. The second kappa shape index (κ2) is 10.6. The Balaban J connectivity index is 1.37. The molecule has 0 bridgehead atoms. The highest BCUT2D eigenvalue weighted by molar-refractivity contribution is 7.16. The van der Waals surface area contributed by atoms with Crippen molar-refractivity contribution >= 4 is 40.0 Å². The molecule has 1 fully saturated rings. The Kier molecular flexibility index (Phi) is 7.55. The van der Waals surface area contributed by atoms with Crippen LogP contribution in [0.5, 0.6) is 0 Å². The molecule has 2 atom stereocenters. The van der Waals surface area contributed by atoms with Crippen molar-refractivity contribution in [1.82, 2.24) is 10.5 Å². The van der Waals surface area contributed by atoms with Gasteiger partial charge in [-0.3, -0.25) is 4.84 Å². The first-order valence-corrected chi connectivity index (χ1v) is 11.8. The van der Waals surface area contributed by atoms with Crippen LogP contribution in [0.4, 0.5) is 10.8 Å². The normalized spacial score (nSPS) is 16.8. The summed E-state index contributed by atoms with van der Waals surface area (Å²) in [6.07, 6.45) is 2.27. The highest BCUT2D eigenvalue weighted by atomic mass is 35.5. The fraction of sp³-hybridized carbons (Fsp3) is 0.333. The quantitative estimate of drug-likeness (QED) is 0.328. The Hall–Kier alpha value is -2.29. The van der Waals surface area contributed by atoms with Gasteiger partial charge >= 0.3 is 0 Å². The van der Waals surface area contributed by atoms with Crippen LogP contribution in [0.15, 0.2) is 42.5 Å². The van der Waals surface area contributed by atoms with Gasteiger partial charge in [-0.25, -0.2) is 4.98 Å². The number of carbonyl (C=O) groups is 1. The van der Waals surface area contributed by atoms with E-state index >= 15 is 0 Å². The minimum atomic E-state index is -0.403. The molecule has 2 N–H and O–H groups in total. The van der Waals surface area contributed by atoms with Gasteiger partial charge < -0.3 is 14.8 Å². The second-order valence-corrected chi connectivity index (χ2v) is 9.49. The van der Waals surface area contributed by atoms with Gasteiger partial charge in [0.2, 0.25) is 0 Å². The van der Waals surface area contributed by atoms with Crippen molar-refractivity contribution in [2.45, 2.75) is 38.8 Å². The summed E-state index contributed by atoms with van der Waals surface area (Å²) < 4.78 is 5.28. The molecule has 1 saturated heterocycles. The molecule has 1 aliphatic rings. The molecule has 2 heterocycles. The summed E-state index contributed by atoms with van der Waals surface area (Å²) in [7, 11) is 0. The number of aryl methyl sites for hydroxylation is 2. The zero-order valence-electron chi connectivity index (χ0n) is 18.1. The SMILES string of the molecule is Cc1ccc(-c2nc(Nc3ccc(CC(C=O)NOC4CCOC4)cc3)sc2C)cc1Cl. The van der Waals surface area contributed by atoms with E-state index in [1.165, 1.54) is 0 Å². The lowest BCUT2D eigenvalue weighted by atomic mass is 10.1. The molecular formula is C24H26ClN3O3S. The van der Waals surface area contributed by atoms with E-state index in [2.05, 4.69) is 17.7 Å². The molecule has 0 radical (unpaired) electrons. The Bertz CT molecular complexity index is 1060. The van der Waals surface area contributed by atoms with E-state index in [-0.39, 0.29) is 6.10 Å². The van der Waals surface area contributed by atoms with Gasteiger partial charge in [0, 0.05) is 34.2 Å². The summed E-state index contributed by atoms with van der Waals surface area (Å²) in [5.74, 6) is 0. The van der Waals surface area contributed by atoms with Gasteiger partial charge in [0.25, 0.3) is 0 Å². The second-order valence-electron chi connectivity index (χ2n) is 7.88. The number of hydrogen-bond acceptors (Lipinski definition) is 7. The van der Waals surface area contributed by atoms with Gasteiger partial charge in [0.15, 0.2) is 5.13 Å². The minimum Gasteiger partial charge on any atom is -0.379 e. The number of nitrogens with one attached hydrogen (secondary N) is 2. The van der Waals surface area contributed by atoms with Crippen LogP contribution < -0.4 is 10.8 Å². The molecule has 168 valence electrons. The molecule has 0 spiro atoms. The minimum absolute atomic E-state index is 0.00612. The highest BCUT2D eigenvalue weighted by Gasteiger charge is 2.18. The average Bonchev–Trinajstić information content (AvgIpc) is 3.44. The molecule has 32 heavy (non-hydrogen) atoms. The first-order valence-electron chi connectivity index (χ1n) is 10.6. The van der Waals surface area contributed by atoms with Crippen molar-refractivity contribution in [2.75, 3.05) is 18.5 Å². The van der Waals surface area contributed by atoms with Crippen molar-refractivity contribution in [1.29, 1.82) is 0 Å². The Morgan fingerprint density at radius 2 is 2.09 bits per heavy atom. The van der Waals surface area contributed by atoms with E-state index in [1.54, 1.807) is 11.3 Å². The summed E-state index contributed by atoms with van der Waals surface area (Å²) in [6, 6.07) is 13.6. The number of ether oxygens (including phenoxy) is 1. The maximum Gasteiger partial charge on any atom is 0.187 e. The molecule has 6 nitrogen and oxygen atoms in total. The molecule has 1 aromatic heterocycles. The van der Waals surface area contributed by atoms with Crippen LogP contribution in [0, 0.1) is 13.8 Å². The number of halogens is 1. The Morgan fingerprint density at radius 1 is 1.28 bits per heavy atom. The maximum absolute atomic E-state index is 11.4. The number of hydroxylamine groups is 1. The van der Waals surface area contributed by atoms with Crippen molar-refractivity contribution in [2.24, 2.45) is 0 Å². The number of hydrogen-bond donors (Lipinski definition) is 2. The van der Waals surface area contributed by atoms with E-state index in [4.69, 9.17) is 26.2 Å². The number of carbonyl (C=O) groups excluding carboxylic acids is 1. The number of rotatable bonds is 9. The summed E-state index contributed by atoms with van der Waals surface area (Å²) in [4.78, 5) is 22.9. The number of benzene rings is 2. The largest absolute Gasteiger partial charge is 0.379 e. The van der Waals surface area contributed by atoms with E-state index in [1.807, 2.05) is 49.4 Å².